The van der Waals surface area contributed by atoms with Crippen molar-refractivity contribution in [3.8, 4) is 0 Å². The molecule has 0 radical (unpaired) electrons. The Balaban J connectivity index is 2.29. The number of aliphatic hydroxyl groups is 1. The van der Waals surface area contributed by atoms with Gasteiger partial charge in [0.15, 0.2) is 0 Å². The topological polar surface area (TPSA) is 79.5 Å². The van der Waals surface area contributed by atoms with Gasteiger partial charge in [0, 0.05) is 4.47 Å². The number of hydrogen-bond donors (Lipinski definition) is 2. The molecule has 0 saturated carbocycles. The summed E-state index contributed by atoms with van der Waals surface area (Å²) in [4.78, 5) is 0.106. The van der Waals surface area contributed by atoms with Crippen LogP contribution in [0.2, 0.25) is 0 Å². The van der Waals surface area contributed by atoms with Crippen LogP contribution in [-0.2, 0) is 23.2 Å². The lowest BCUT2D eigenvalue weighted by atomic mass is 10.1. The van der Waals surface area contributed by atoms with Crippen LogP contribution in [0, 0.1) is 13.8 Å². The third-order valence-electron chi connectivity index (χ3n) is 2.99. The number of aryl methyl sites for hydroxylation is 2. The highest BCUT2D eigenvalue weighted by molar-refractivity contribution is 9.10. The molecule has 2 rings (SSSR count). The molecule has 1 aromatic heterocycles. The number of halogens is 1. The summed E-state index contributed by atoms with van der Waals surface area (Å²) in [5.41, 5.74) is 1.29. The number of furan rings is 1. The first-order chi connectivity index (χ1) is 9.83. The van der Waals surface area contributed by atoms with E-state index in [0.29, 0.717) is 15.8 Å². The van der Waals surface area contributed by atoms with E-state index in [1.807, 2.05) is 0 Å². The monoisotopic (exact) mass is 373 g/mol. The van der Waals surface area contributed by atoms with E-state index in [1.165, 1.54) is 6.07 Å². The minimum atomic E-state index is -3.70. The van der Waals surface area contributed by atoms with Crippen molar-refractivity contribution in [3.63, 3.8) is 0 Å². The van der Waals surface area contributed by atoms with Crippen LogP contribution in [0.5, 0.6) is 0 Å². The lowest BCUT2D eigenvalue weighted by Gasteiger charge is -2.11. The molecule has 0 aliphatic rings. The van der Waals surface area contributed by atoms with Crippen molar-refractivity contribution in [3.05, 3.63) is 51.4 Å². The number of hydrogen-bond acceptors (Lipinski definition) is 4. The Kier molecular flexibility index (Phi) is 4.88. The van der Waals surface area contributed by atoms with Crippen LogP contribution in [0.3, 0.4) is 0 Å². The predicted molar refractivity (Wildman–Crippen MR) is 82.3 cm³/mol. The van der Waals surface area contributed by atoms with Crippen molar-refractivity contribution in [1.82, 2.24) is 4.72 Å². The largest absolute Gasteiger partial charge is 0.465 e. The Bertz CT molecular complexity index is 752. The Labute approximate surface area is 132 Å². The number of aliphatic hydroxyl groups excluding tert-OH is 1. The fraction of sp³-hybridized carbons (Fsp3) is 0.286. The quantitative estimate of drug-likeness (QED) is 0.843. The number of benzene rings is 1. The van der Waals surface area contributed by atoms with Gasteiger partial charge in [-0.1, -0.05) is 6.07 Å². The van der Waals surface area contributed by atoms with E-state index in [2.05, 4.69) is 20.7 Å². The molecule has 0 saturated heterocycles. The van der Waals surface area contributed by atoms with Gasteiger partial charge in [-0.2, -0.15) is 0 Å². The SMILES string of the molecule is Cc1ccc(CNS(=O)(=O)c2cc(CO)cc(C)c2Br)o1. The van der Waals surface area contributed by atoms with Crippen LogP contribution in [0.25, 0.3) is 0 Å². The van der Waals surface area contributed by atoms with E-state index in [9.17, 15) is 13.5 Å². The van der Waals surface area contributed by atoms with E-state index in [0.717, 1.165) is 11.3 Å². The van der Waals surface area contributed by atoms with Crippen molar-refractivity contribution in [2.45, 2.75) is 31.9 Å². The Hall–Kier alpha value is -1.15. The van der Waals surface area contributed by atoms with E-state index in [4.69, 9.17) is 4.42 Å². The smallest absolute Gasteiger partial charge is 0.242 e. The molecule has 0 amide bonds. The highest BCUT2D eigenvalue weighted by Crippen LogP contribution is 2.27. The fourth-order valence-electron chi connectivity index (χ4n) is 1.92. The lowest BCUT2D eigenvalue weighted by Crippen LogP contribution is -2.23. The van der Waals surface area contributed by atoms with E-state index < -0.39 is 10.0 Å². The van der Waals surface area contributed by atoms with Crippen molar-refractivity contribution >= 4 is 26.0 Å². The van der Waals surface area contributed by atoms with E-state index in [-0.39, 0.29) is 18.0 Å². The molecule has 1 aromatic carbocycles. The van der Waals surface area contributed by atoms with Gasteiger partial charge in [0.05, 0.1) is 18.0 Å². The molecular weight excluding hydrogens is 358 g/mol. The number of sulfonamides is 1. The number of rotatable bonds is 5. The van der Waals surface area contributed by atoms with Gasteiger partial charge in [0.25, 0.3) is 0 Å². The molecule has 0 unspecified atom stereocenters. The van der Waals surface area contributed by atoms with Crippen LogP contribution in [0.4, 0.5) is 0 Å². The second-order valence-corrected chi connectivity index (χ2v) is 7.25. The minimum absolute atomic E-state index is 0.0744. The first kappa shape index (κ1) is 16.2. The van der Waals surface area contributed by atoms with Gasteiger partial charge < -0.3 is 9.52 Å². The normalized spacial score (nSPS) is 11.8. The second kappa shape index (κ2) is 6.31. The zero-order chi connectivity index (χ0) is 15.6. The Morgan fingerprint density at radius 1 is 1.29 bits per heavy atom. The summed E-state index contributed by atoms with van der Waals surface area (Å²) >= 11 is 3.29. The molecule has 0 fully saturated rings. The molecule has 0 aliphatic carbocycles. The van der Waals surface area contributed by atoms with Gasteiger partial charge in [-0.15, -0.1) is 0 Å². The van der Waals surface area contributed by atoms with Crippen molar-refractivity contribution in [2.75, 3.05) is 0 Å². The maximum Gasteiger partial charge on any atom is 0.242 e. The van der Waals surface area contributed by atoms with Crippen LogP contribution < -0.4 is 4.72 Å². The molecule has 5 nitrogen and oxygen atoms in total. The van der Waals surface area contributed by atoms with Gasteiger partial charge in [-0.3, -0.25) is 0 Å². The van der Waals surface area contributed by atoms with Crippen LogP contribution >= 0.6 is 15.9 Å². The van der Waals surface area contributed by atoms with Crippen LogP contribution in [0.1, 0.15) is 22.6 Å². The van der Waals surface area contributed by atoms with Crippen LogP contribution in [0.15, 0.2) is 38.1 Å². The summed E-state index contributed by atoms with van der Waals surface area (Å²) in [6.07, 6.45) is 0. The lowest BCUT2D eigenvalue weighted by molar-refractivity contribution is 0.281. The zero-order valence-electron chi connectivity index (χ0n) is 11.7. The molecule has 2 N–H and O–H groups in total. The maximum atomic E-state index is 12.4. The van der Waals surface area contributed by atoms with Crippen molar-refractivity contribution in [1.29, 1.82) is 0 Å². The molecule has 2 aromatic rings. The molecular formula is C14H16BrNO4S. The van der Waals surface area contributed by atoms with Crippen molar-refractivity contribution in [2.24, 2.45) is 0 Å². The van der Waals surface area contributed by atoms with Gasteiger partial charge in [-0.05, 0) is 59.1 Å². The molecule has 0 aliphatic heterocycles. The molecule has 0 atom stereocenters. The average Bonchev–Trinajstić information content (AvgIpc) is 2.85. The Morgan fingerprint density at radius 2 is 2.00 bits per heavy atom. The predicted octanol–water partition coefficient (Wildman–Crippen LogP) is 2.63. The van der Waals surface area contributed by atoms with Crippen molar-refractivity contribution < 1.29 is 17.9 Å². The molecule has 0 spiro atoms. The first-order valence-electron chi connectivity index (χ1n) is 6.28. The first-order valence-corrected chi connectivity index (χ1v) is 8.56. The highest BCUT2D eigenvalue weighted by Gasteiger charge is 2.20. The van der Waals surface area contributed by atoms with Gasteiger partial charge >= 0.3 is 0 Å². The van der Waals surface area contributed by atoms with E-state index in [1.54, 1.807) is 32.0 Å². The van der Waals surface area contributed by atoms with Gasteiger partial charge in [0.1, 0.15) is 11.5 Å². The molecule has 114 valence electrons. The molecule has 21 heavy (non-hydrogen) atoms. The maximum absolute atomic E-state index is 12.4. The summed E-state index contributed by atoms with van der Waals surface area (Å²) in [6.45, 7) is 3.43. The fourth-order valence-corrected chi connectivity index (χ4v) is 3.98. The van der Waals surface area contributed by atoms with E-state index >= 15 is 0 Å². The molecule has 7 heteroatoms. The van der Waals surface area contributed by atoms with Gasteiger partial charge in [0.2, 0.25) is 10.0 Å². The standard InChI is InChI=1S/C14H16BrNO4S/c1-9-5-11(8-17)6-13(14(9)15)21(18,19)16-7-12-4-3-10(2)20-12/h3-6,16-17H,7-8H2,1-2H3. The summed E-state index contributed by atoms with van der Waals surface area (Å²) < 4.78 is 33.1. The summed E-state index contributed by atoms with van der Waals surface area (Å²) in [7, 11) is -3.70. The third-order valence-corrected chi connectivity index (χ3v) is 5.73. The molecule has 0 bridgehead atoms. The molecule has 1 heterocycles. The van der Waals surface area contributed by atoms with Gasteiger partial charge in [-0.25, -0.2) is 13.1 Å². The zero-order valence-corrected chi connectivity index (χ0v) is 14.1. The number of nitrogens with one attached hydrogen (secondary N) is 1. The summed E-state index contributed by atoms with van der Waals surface area (Å²) in [6, 6.07) is 6.68. The summed E-state index contributed by atoms with van der Waals surface area (Å²) in [5.74, 6) is 1.27. The summed E-state index contributed by atoms with van der Waals surface area (Å²) in [5, 5.41) is 9.21. The highest BCUT2D eigenvalue weighted by atomic mass is 79.9. The average molecular weight is 374 g/mol. The minimum Gasteiger partial charge on any atom is -0.465 e. The van der Waals surface area contributed by atoms with Crippen LogP contribution in [-0.4, -0.2) is 13.5 Å². The second-order valence-electron chi connectivity index (χ2n) is 4.72. The third kappa shape index (κ3) is 3.74. The Morgan fingerprint density at radius 3 is 2.57 bits per heavy atom.